The Morgan fingerprint density at radius 3 is 2.62 bits per heavy atom. The lowest BCUT2D eigenvalue weighted by Crippen LogP contribution is -2.13. The number of rotatable bonds is 4. The third-order valence-corrected chi connectivity index (χ3v) is 2.22. The fourth-order valence-corrected chi connectivity index (χ4v) is 1.37. The number of phenolic OH excluding ortho intramolecular Hbond substituents is 1. The highest BCUT2D eigenvalue weighted by Gasteiger charge is 2.21. The number of methoxy groups -OCH3 is 1. The van der Waals surface area contributed by atoms with Crippen LogP contribution in [0, 0.1) is 11.6 Å². The largest absolute Gasteiger partial charge is 0.504 e. The van der Waals surface area contributed by atoms with Crippen molar-refractivity contribution in [3.8, 4) is 11.5 Å². The third kappa shape index (κ3) is 2.23. The SMILES string of the molecule is COc1c(F)cc(C(N)CCO)c(O)c1F. The molecule has 0 saturated carbocycles. The summed E-state index contributed by atoms with van der Waals surface area (Å²) in [4.78, 5) is 0. The zero-order chi connectivity index (χ0) is 12.3. The Morgan fingerprint density at radius 1 is 1.50 bits per heavy atom. The Morgan fingerprint density at radius 2 is 2.12 bits per heavy atom. The molecule has 1 atom stereocenters. The average Bonchev–Trinajstić information content (AvgIpc) is 2.24. The summed E-state index contributed by atoms with van der Waals surface area (Å²) in [6.07, 6.45) is 0.0960. The van der Waals surface area contributed by atoms with Crippen LogP contribution in [0.1, 0.15) is 18.0 Å². The van der Waals surface area contributed by atoms with Gasteiger partial charge in [0.05, 0.1) is 7.11 Å². The smallest absolute Gasteiger partial charge is 0.209 e. The van der Waals surface area contributed by atoms with Gasteiger partial charge in [0.15, 0.2) is 17.3 Å². The van der Waals surface area contributed by atoms with E-state index in [9.17, 15) is 13.9 Å². The van der Waals surface area contributed by atoms with E-state index in [0.717, 1.165) is 13.2 Å². The molecule has 4 N–H and O–H groups in total. The molecule has 0 aliphatic heterocycles. The van der Waals surface area contributed by atoms with Gasteiger partial charge in [-0.1, -0.05) is 0 Å². The molecule has 0 fully saturated rings. The summed E-state index contributed by atoms with van der Waals surface area (Å²) in [5, 5.41) is 18.1. The van der Waals surface area contributed by atoms with Gasteiger partial charge < -0.3 is 20.7 Å². The second-order valence-corrected chi connectivity index (χ2v) is 3.26. The molecule has 6 heteroatoms. The van der Waals surface area contributed by atoms with Crippen molar-refractivity contribution in [3.05, 3.63) is 23.3 Å². The predicted molar refractivity (Wildman–Crippen MR) is 53.2 cm³/mol. The van der Waals surface area contributed by atoms with E-state index in [0.29, 0.717) is 0 Å². The van der Waals surface area contributed by atoms with Gasteiger partial charge in [-0.15, -0.1) is 0 Å². The molecule has 0 spiro atoms. The number of nitrogens with two attached hydrogens (primary N) is 1. The summed E-state index contributed by atoms with van der Waals surface area (Å²) < 4.78 is 31.1. The highest BCUT2D eigenvalue weighted by molar-refractivity contribution is 5.44. The Kier molecular flexibility index (Phi) is 4.03. The topological polar surface area (TPSA) is 75.7 Å². The number of hydrogen-bond acceptors (Lipinski definition) is 4. The summed E-state index contributed by atoms with van der Waals surface area (Å²) in [7, 11) is 1.09. The first-order valence-corrected chi connectivity index (χ1v) is 4.64. The van der Waals surface area contributed by atoms with Gasteiger partial charge in [0.1, 0.15) is 0 Å². The second-order valence-electron chi connectivity index (χ2n) is 3.26. The first-order valence-electron chi connectivity index (χ1n) is 4.64. The lowest BCUT2D eigenvalue weighted by atomic mass is 10.0. The van der Waals surface area contributed by atoms with Gasteiger partial charge in [-0.05, 0) is 12.5 Å². The first-order chi connectivity index (χ1) is 7.52. The minimum absolute atomic E-state index is 0.0927. The summed E-state index contributed by atoms with van der Waals surface area (Å²) >= 11 is 0. The van der Waals surface area contributed by atoms with Crippen LogP contribution in [-0.4, -0.2) is 23.9 Å². The molecule has 0 heterocycles. The van der Waals surface area contributed by atoms with Crippen LogP contribution in [0.25, 0.3) is 0 Å². The minimum Gasteiger partial charge on any atom is -0.504 e. The third-order valence-electron chi connectivity index (χ3n) is 2.22. The highest BCUT2D eigenvalue weighted by Crippen LogP contribution is 2.35. The van der Waals surface area contributed by atoms with Gasteiger partial charge >= 0.3 is 0 Å². The van der Waals surface area contributed by atoms with E-state index >= 15 is 0 Å². The van der Waals surface area contributed by atoms with Crippen molar-refractivity contribution < 1.29 is 23.7 Å². The number of aliphatic hydroxyl groups is 1. The molecule has 1 unspecified atom stereocenters. The molecule has 1 aromatic rings. The number of hydrogen-bond donors (Lipinski definition) is 3. The van der Waals surface area contributed by atoms with E-state index in [-0.39, 0.29) is 18.6 Å². The van der Waals surface area contributed by atoms with Crippen LogP contribution in [-0.2, 0) is 0 Å². The van der Waals surface area contributed by atoms with Crippen LogP contribution < -0.4 is 10.5 Å². The number of ether oxygens (including phenoxy) is 1. The molecule has 1 rings (SSSR count). The molecule has 0 aliphatic carbocycles. The van der Waals surface area contributed by atoms with Crippen molar-refractivity contribution in [2.24, 2.45) is 5.73 Å². The predicted octanol–water partition coefficient (Wildman–Crippen LogP) is 1.06. The summed E-state index contributed by atoms with van der Waals surface area (Å²) in [6, 6.07) is 0.0670. The van der Waals surface area contributed by atoms with E-state index in [1.165, 1.54) is 0 Å². The lowest BCUT2D eigenvalue weighted by Gasteiger charge is -2.14. The van der Waals surface area contributed by atoms with Crippen LogP contribution in [0.3, 0.4) is 0 Å². The van der Waals surface area contributed by atoms with Gasteiger partial charge in [0.2, 0.25) is 5.82 Å². The molecule has 0 saturated heterocycles. The number of aliphatic hydroxyl groups excluding tert-OH is 1. The Hall–Kier alpha value is -1.40. The molecule has 90 valence electrons. The molecule has 0 amide bonds. The van der Waals surface area contributed by atoms with E-state index in [1.54, 1.807) is 0 Å². The summed E-state index contributed by atoms with van der Waals surface area (Å²) in [6.45, 7) is -0.240. The fourth-order valence-electron chi connectivity index (χ4n) is 1.37. The van der Waals surface area contributed by atoms with Crippen molar-refractivity contribution in [1.82, 2.24) is 0 Å². The van der Waals surface area contributed by atoms with Gasteiger partial charge in [0, 0.05) is 18.2 Å². The maximum absolute atomic E-state index is 13.4. The fraction of sp³-hybridized carbons (Fsp3) is 0.400. The van der Waals surface area contributed by atoms with Crippen molar-refractivity contribution in [1.29, 1.82) is 0 Å². The standard InChI is InChI=1S/C10H13F2NO3/c1-16-10-6(11)4-5(7(13)2-3-14)9(15)8(10)12/h4,7,14-15H,2-3,13H2,1H3. The molecule has 1 aromatic carbocycles. The molecule has 0 bridgehead atoms. The highest BCUT2D eigenvalue weighted by atomic mass is 19.1. The molecular weight excluding hydrogens is 220 g/mol. The van der Waals surface area contributed by atoms with E-state index < -0.39 is 29.2 Å². The van der Waals surface area contributed by atoms with Crippen molar-refractivity contribution in [2.45, 2.75) is 12.5 Å². The van der Waals surface area contributed by atoms with Crippen molar-refractivity contribution >= 4 is 0 Å². The number of aromatic hydroxyl groups is 1. The van der Waals surface area contributed by atoms with Crippen molar-refractivity contribution in [3.63, 3.8) is 0 Å². The zero-order valence-electron chi connectivity index (χ0n) is 8.70. The average molecular weight is 233 g/mol. The molecule has 0 aromatic heterocycles. The van der Waals surface area contributed by atoms with E-state index in [2.05, 4.69) is 4.74 Å². The quantitative estimate of drug-likeness (QED) is 0.726. The number of benzene rings is 1. The molecular formula is C10H13F2NO3. The summed E-state index contributed by atoms with van der Waals surface area (Å²) in [5.74, 6) is -3.54. The Balaban J connectivity index is 3.22. The van der Waals surface area contributed by atoms with Gasteiger partial charge in [-0.25, -0.2) is 4.39 Å². The summed E-state index contributed by atoms with van der Waals surface area (Å²) in [5.41, 5.74) is 5.45. The number of halogens is 2. The molecule has 16 heavy (non-hydrogen) atoms. The molecule has 4 nitrogen and oxygen atoms in total. The second kappa shape index (κ2) is 5.09. The normalized spacial score (nSPS) is 12.6. The monoisotopic (exact) mass is 233 g/mol. The van der Waals surface area contributed by atoms with Crippen LogP contribution in [0.4, 0.5) is 8.78 Å². The minimum atomic E-state index is -1.19. The van der Waals surface area contributed by atoms with Crippen molar-refractivity contribution in [2.75, 3.05) is 13.7 Å². The van der Waals surface area contributed by atoms with Gasteiger partial charge in [-0.2, -0.15) is 4.39 Å². The molecule has 0 aliphatic rings. The first kappa shape index (κ1) is 12.7. The Labute approximate surface area is 91.3 Å². The van der Waals surface area contributed by atoms with Gasteiger partial charge in [0.25, 0.3) is 0 Å². The van der Waals surface area contributed by atoms with E-state index in [4.69, 9.17) is 10.8 Å². The van der Waals surface area contributed by atoms with Gasteiger partial charge in [-0.3, -0.25) is 0 Å². The lowest BCUT2D eigenvalue weighted by molar-refractivity contribution is 0.274. The van der Waals surface area contributed by atoms with Crippen LogP contribution in [0.5, 0.6) is 11.5 Å². The molecule has 0 radical (unpaired) electrons. The number of phenols is 1. The van der Waals surface area contributed by atoms with Crippen LogP contribution in [0.2, 0.25) is 0 Å². The van der Waals surface area contributed by atoms with Crippen LogP contribution in [0.15, 0.2) is 6.07 Å². The maximum atomic E-state index is 13.4. The maximum Gasteiger partial charge on any atom is 0.209 e. The Bertz CT molecular complexity index is 385. The zero-order valence-corrected chi connectivity index (χ0v) is 8.70. The van der Waals surface area contributed by atoms with Crippen LogP contribution >= 0.6 is 0 Å². The van der Waals surface area contributed by atoms with E-state index in [1.807, 2.05) is 0 Å².